The summed E-state index contributed by atoms with van der Waals surface area (Å²) >= 11 is 3.42. The van der Waals surface area contributed by atoms with Crippen LogP contribution >= 0.6 is 15.9 Å². The molecule has 1 aliphatic heterocycles. The second kappa shape index (κ2) is 6.90. The molecule has 1 aromatic rings. The summed E-state index contributed by atoms with van der Waals surface area (Å²) in [7, 11) is 1.62. The Kier molecular flexibility index (Phi) is 5.20. The Balaban J connectivity index is 2.05. The van der Waals surface area contributed by atoms with Crippen LogP contribution in [0.5, 0.6) is 5.75 Å². The number of ether oxygens (including phenoxy) is 1. The van der Waals surface area contributed by atoms with Crippen LogP contribution in [0.3, 0.4) is 0 Å². The zero-order valence-corrected chi connectivity index (χ0v) is 13.1. The van der Waals surface area contributed by atoms with Crippen LogP contribution in [-0.4, -0.2) is 37.0 Å². The molecule has 20 heavy (non-hydrogen) atoms. The van der Waals surface area contributed by atoms with E-state index in [0.29, 0.717) is 0 Å². The van der Waals surface area contributed by atoms with Gasteiger partial charge in [0, 0.05) is 35.2 Å². The van der Waals surface area contributed by atoms with E-state index in [1.807, 2.05) is 23.1 Å². The van der Waals surface area contributed by atoms with E-state index in [-0.39, 0.29) is 11.9 Å². The van der Waals surface area contributed by atoms with E-state index in [2.05, 4.69) is 15.9 Å². The molecule has 2 rings (SSSR count). The van der Waals surface area contributed by atoms with Crippen LogP contribution in [0.1, 0.15) is 18.4 Å². The SMILES string of the molecule is COc1ccc(Br)cc1/C=C/C(=O)N1CCC(N)CC1. The number of nitrogens with two attached hydrogens (primary N) is 1. The van der Waals surface area contributed by atoms with Crippen LogP contribution in [-0.2, 0) is 4.79 Å². The number of nitrogens with zero attached hydrogens (tertiary/aromatic N) is 1. The Morgan fingerprint density at radius 2 is 2.15 bits per heavy atom. The summed E-state index contributed by atoms with van der Waals surface area (Å²) in [6.45, 7) is 1.47. The standard InChI is InChI=1S/C15H19BrN2O2/c1-20-14-4-3-12(16)10-11(14)2-5-15(19)18-8-6-13(17)7-9-18/h2-5,10,13H,6-9,17H2,1H3/b5-2+. The summed E-state index contributed by atoms with van der Waals surface area (Å²) in [4.78, 5) is 13.9. The Morgan fingerprint density at radius 3 is 2.80 bits per heavy atom. The molecule has 1 saturated heterocycles. The van der Waals surface area contributed by atoms with Gasteiger partial charge in [0.15, 0.2) is 0 Å². The molecule has 1 fully saturated rings. The molecule has 0 radical (unpaired) electrons. The third kappa shape index (κ3) is 3.84. The summed E-state index contributed by atoms with van der Waals surface area (Å²) in [5.74, 6) is 0.775. The minimum Gasteiger partial charge on any atom is -0.496 e. The van der Waals surface area contributed by atoms with Crippen molar-refractivity contribution in [2.45, 2.75) is 18.9 Å². The molecule has 1 amide bonds. The molecule has 1 aromatic carbocycles. The highest BCUT2D eigenvalue weighted by molar-refractivity contribution is 9.10. The molecule has 0 aliphatic carbocycles. The molecular formula is C15H19BrN2O2. The predicted molar refractivity (Wildman–Crippen MR) is 83.5 cm³/mol. The summed E-state index contributed by atoms with van der Waals surface area (Å²) in [5, 5.41) is 0. The maximum Gasteiger partial charge on any atom is 0.246 e. The average Bonchev–Trinajstić information content (AvgIpc) is 2.45. The molecule has 0 spiro atoms. The molecular weight excluding hydrogens is 320 g/mol. The third-order valence-corrected chi connectivity index (χ3v) is 3.94. The van der Waals surface area contributed by atoms with Crippen molar-refractivity contribution in [1.29, 1.82) is 0 Å². The highest BCUT2D eigenvalue weighted by Crippen LogP contribution is 2.24. The highest BCUT2D eigenvalue weighted by atomic mass is 79.9. The zero-order valence-electron chi connectivity index (χ0n) is 11.5. The van der Waals surface area contributed by atoms with E-state index in [9.17, 15) is 4.79 Å². The minimum atomic E-state index is 0.0268. The quantitative estimate of drug-likeness (QED) is 0.861. The van der Waals surface area contributed by atoms with Crippen molar-refractivity contribution in [2.75, 3.05) is 20.2 Å². The van der Waals surface area contributed by atoms with Gasteiger partial charge in [0.25, 0.3) is 0 Å². The van der Waals surface area contributed by atoms with Gasteiger partial charge >= 0.3 is 0 Å². The lowest BCUT2D eigenvalue weighted by Gasteiger charge is -2.29. The first kappa shape index (κ1) is 15.1. The first-order valence-corrected chi connectivity index (χ1v) is 7.45. The van der Waals surface area contributed by atoms with Crippen LogP contribution in [0.4, 0.5) is 0 Å². The van der Waals surface area contributed by atoms with Crippen LogP contribution in [0, 0.1) is 0 Å². The molecule has 0 bridgehead atoms. The second-order valence-electron chi connectivity index (χ2n) is 4.88. The number of methoxy groups -OCH3 is 1. The molecule has 5 heteroatoms. The number of halogens is 1. The Labute approximate surface area is 127 Å². The van der Waals surface area contributed by atoms with Crippen molar-refractivity contribution in [3.05, 3.63) is 34.3 Å². The maximum absolute atomic E-state index is 12.1. The van der Waals surface area contributed by atoms with Gasteiger partial charge in [0.2, 0.25) is 5.91 Å². The van der Waals surface area contributed by atoms with Crippen molar-refractivity contribution in [3.8, 4) is 5.75 Å². The highest BCUT2D eigenvalue weighted by Gasteiger charge is 2.18. The largest absolute Gasteiger partial charge is 0.496 e. The number of likely N-dealkylation sites (tertiary alicyclic amines) is 1. The van der Waals surface area contributed by atoms with Gasteiger partial charge in [-0.2, -0.15) is 0 Å². The van der Waals surface area contributed by atoms with Crippen molar-refractivity contribution in [3.63, 3.8) is 0 Å². The van der Waals surface area contributed by atoms with Gasteiger partial charge in [-0.15, -0.1) is 0 Å². The van der Waals surface area contributed by atoms with Crippen LogP contribution in [0.2, 0.25) is 0 Å². The topological polar surface area (TPSA) is 55.6 Å². The van der Waals surface area contributed by atoms with E-state index < -0.39 is 0 Å². The fourth-order valence-corrected chi connectivity index (χ4v) is 2.60. The number of piperidine rings is 1. The van der Waals surface area contributed by atoms with Crippen LogP contribution in [0.15, 0.2) is 28.7 Å². The Hall–Kier alpha value is -1.33. The monoisotopic (exact) mass is 338 g/mol. The number of amides is 1. The summed E-state index contributed by atoms with van der Waals surface area (Å²) in [6.07, 6.45) is 5.14. The van der Waals surface area contributed by atoms with E-state index >= 15 is 0 Å². The lowest BCUT2D eigenvalue weighted by atomic mass is 10.1. The number of benzene rings is 1. The zero-order chi connectivity index (χ0) is 14.5. The fourth-order valence-electron chi connectivity index (χ4n) is 2.22. The first-order chi connectivity index (χ1) is 9.60. The molecule has 0 saturated carbocycles. The number of rotatable bonds is 3. The molecule has 108 valence electrons. The molecule has 0 aromatic heterocycles. The van der Waals surface area contributed by atoms with Gasteiger partial charge < -0.3 is 15.4 Å². The van der Waals surface area contributed by atoms with E-state index in [1.165, 1.54) is 0 Å². The number of carbonyl (C=O) groups excluding carboxylic acids is 1. The fraction of sp³-hybridized carbons (Fsp3) is 0.400. The minimum absolute atomic E-state index is 0.0268. The van der Waals surface area contributed by atoms with Gasteiger partial charge in [-0.1, -0.05) is 15.9 Å². The first-order valence-electron chi connectivity index (χ1n) is 6.66. The molecule has 1 heterocycles. The van der Waals surface area contributed by atoms with Crippen molar-refractivity contribution >= 4 is 27.9 Å². The molecule has 2 N–H and O–H groups in total. The van der Waals surface area contributed by atoms with Crippen molar-refractivity contribution in [1.82, 2.24) is 4.90 Å². The molecule has 1 aliphatic rings. The smallest absolute Gasteiger partial charge is 0.246 e. The number of carbonyl (C=O) groups is 1. The predicted octanol–water partition coefficient (Wildman–Crippen LogP) is 2.42. The lowest BCUT2D eigenvalue weighted by molar-refractivity contribution is -0.126. The van der Waals surface area contributed by atoms with Gasteiger partial charge in [-0.3, -0.25) is 4.79 Å². The van der Waals surface area contributed by atoms with Gasteiger partial charge in [-0.05, 0) is 37.1 Å². The van der Waals surface area contributed by atoms with Gasteiger partial charge in [0.1, 0.15) is 5.75 Å². The van der Waals surface area contributed by atoms with Crippen molar-refractivity contribution < 1.29 is 9.53 Å². The maximum atomic E-state index is 12.1. The molecule has 0 atom stereocenters. The van der Waals surface area contributed by atoms with E-state index in [0.717, 1.165) is 41.7 Å². The normalized spacial score (nSPS) is 16.6. The summed E-state index contributed by atoms with van der Waals surface area (Å²) in [5.41, 5.74) is 6.72. The van der Waals surface area contributed by atoms with Gasteiger partial charge in [0.05, 0.1) is 7.11 Å². The molecule has 4 nitrogen and oxygen atoms in total. The van der Waals surface area contributed by atoms with Crippen molar-refractivity contribution in [2.24, 2.45) is 5.73 Å². The average molecular weight is 339 g/mol. The van der Waals surface area contributed by atoms with Crippen LogP contribution < -0.4 is 10.5 Å². The Bertz CT molecular complexity index is 509. The lowest BCUT2D eigenvalue weighted by Crippen LogP contribution is -2.42. The second-order valence-corrected chi connectivity index (χ2v) is 5.80. The van der Waals surface area contributed by atoms with E-state index in [4.69, 9.17) is 10.5 Å². The molecule has 0 unspecified atom stereocenters. The van der Waals surface area contributed by atoms with Gasteiger partial charge in [-0.25, -0.2) is 0 Å². The van der Waals surface area contributed by atoms with Crippen LogP contribution in [0.25, 0.3) is 6.08 Å². The number of hydrogen-bond acceptors (Lipinski definition) is 3. The summed E-state index contributed by atoms with van der Waals surface area (Å²) in [6, 6.07) is 5.93. The van der Waals surface area contributed by atoms with E-state index in [1.54, 1.807) is 19.3 Å². The number of hydrogen-bond donors (Lipinski definition) is 1. The Morgan fingerprint density at radius 1 is 1.45 bits per heavy atom. The summed E-state index contributed by atoms with van der Waals surface area (Å²) < 4.78 is 6.23. The third-order valence-electron chi connectivity index (χ3n) is 3.45.